The molecule has 0 aromatic carbocycles. The molecule has 0 heterocycles. The molecule has 3 aliphatic carbocycles. The van der Waals surface area contributed by atoms with E-state index >= 15 is 0 Å². The molecule has 0 unspecified atom stereocenters. The van der Waals surface area contributed by atoms with E-state index in [1.165, 1.54) is 96.3 Å². The molecular formula is C27H54. The van der Waals surface area contributed by atoms with Gasteiger partial charge in [0.1, 0.15) is 0 Å². The molecule has 0 spiro atoms. The lowest BCUT2D eigenvalue weighted by Crippen LogP contribution is -2.12. The summed E-state index contributed by atoms with van der Waals surface area (Å²) in [6.45, 7) is 14.1. The Morgan fingerprint density at radius 3 is 0.741 bits per heavy atom. The summed E-state index contributed by atoms with van der Waals surface area (Å²) >= 11 is 0. The molecule has 0 nitrogen and oxygen atoms in total. The van der Waals surface area contributed by atoms with E-state index in [0.29, 0.717) is 0 Å². The lowest BCUT2D eigenvalue weighted by Gasteiger charge is -2.24. The van der Waals surface area contributed by atoms with E-state index in [4.69, 9.17) is 0 Å². The number of hydrogen-bond donors (Lipinski definition) is 0. The second-order valence-electron chi connectivity index (χ2n) is 10.9. The molecule has 0 atom stereocenters. The van der Waals surface area contributed by atoms with Crippen molar-refractivity contribution in [3.8, 4) is 0 Å². The van der Waals surface area contributed by atoms with Crippen molar-refractivity contribution < 1.29 is 0 Å². The van der Waals surface area contributed by atoms with Gasteiger partial charge in [0.05, 0.1) is 0 Å². The van der Waals surface area contributed by atoms with Gasteiger partial charge in [0.2, 0.25) is 0 Å². The van der Waals surface area contributed by atoms with Gasteiger partial charge in [-0.2, -0.15) is 0 Å². The lowest BCUT2D eigenvalue weighted by atomic mass is 9.82. The highest BCUT2D eigenvalue weighted by molar-refractivity contribution is 4.69. The Bertz CT molecular complexity index is 307. The van der Waals surface area contributed by atoms with Crippen LogP contribution in [0.25, 0.3) is 0 Å². The zero-order valence-corrected chi connectivity index (χ0v) is 20.1. The molecule has 162 valence electrons. The molecule has 0 N–H and O–H groups in total. The summed E-state index contributed by atoms with van der Waals surface area (Å²) in [6, 6.07) is 0. The van der Waals surface area contributed by atoms with Crippen LogP contribution in [0, 0.1) is 35.5 Å². The van der Waals surface area contributed by atoms with Crippen LogP contribution in [0.5, 0.6) is 0 Å². The molecule has 0 aromatic rings. The normalized spacial score (nSPS) is 23.0. The van der Waals surface area contributed by atoms with E-state index < -0.39 is 0 Å². The number of hydrogen-bond acceptors (Lipinski definition) is 0. The van der Waals surface area contributed by atoms with Crippen LogP contribution in [0.3, 0.4) is 0 Å². The van der Waals surface area contributed by atoms with Crippen LogP contribution in [0.4, 0.5) is 0 Å². The highest BCUT2D eigenvalue weighted by Gasteiger charge is 2.17. The van der Waals surface area contributed by atoms with Crippen molar-refractivity contribution >= 4 is 0 Å². The van der Waals surface area contributed by atoms with Gasteiger partial charge in [0, 0.05) is 0 Å². The van der Waals surface area contributed by atoms with E-state index in [-0.39, 0.29) is 0 Å². The highest BCUT2D eigenvalue weighted by atomic mass is 14.2. The van der Waals surface area contributed by atoms with Crippen LogP contribution in [0.2, 0.25) is 0 Å². The molecule has 0 aliphatic heterocycles. The maximum absolute atomic E-state index is 2.37. The Morgan fingerprint density at radius 1 is 0.333 bits per heavy atom. The fraction of sp³-hybridized carbons (Fsp3) is 1.00. The van der Waals surface area contributed by atoms with Crippen molar-refractivity contribution in [3.05, 3.63) is 0 Å². The third-order valence-corrected chi connectivity index (χ3v) is 7.78. The third kappa shape index (κ3) is 11.6. The van der Waals surface area contributed by atoms with Crippen molar-refractivity contribution in [3.63, 3.8) is 0 Å². The van der Waals surface area contributed by atoms with E-state index in [2.05, 4.69) is 41.5 Å². The minimum atomic E-state index is 0.929. The van der Waals surface area contributed by atoms with Crippen LogP contribution in [0.15, 0.2) is 0 Å². The van der Waals surface area contributed by atoms with Crippen molar-refractivity contribution in [2.24, 2.45) is 35.5 Å². The topological polar surface area (TPSA) is 0 Å². The maximum atomic E-state index is 2.37. The average molecular weight is 379 g/mol. The molecular weight excluding hydrogens is 324 g/mol. The summed E-state index contributed by atoms with van der Waals surface area (Å²) in [5.41, 5.74) is 0. The standard InChI is InChI=1S/C10H20.C9H18.C8H16/c1-9(2)10-7-5-3-4-6-8-10;1-8(2)9-6-4-3-5-7-9;1-7(2)8-5-3-4-6-8/h9-10H,3-8H2,1-2H3;8-9H,3-7H2,1-2H3;7-8H,3-6H2,1-2H3. The molecule has 0 heteroatoms. The van der Waals surface area contributed by atoms with Crippen LogP contribution in [0.1, 0.15) is 138 Å². The molecule has 3 rings (SSSR count). The molecule has 0 bridgehead atoms. The van der Waals surface area contributed by atoms with Gasteiger partial charge in [-0.3, -0.25) is 0 Å². The average Bonchev–Trinajstić information content (AvgIpc) is 3.06. The zero-order chi connectivity index (χ0) is 20.1. The summed E-state index contributed by atoms with van der Waals surface area (Å²) in [5.74, 6) is 5.97. The first kappa shape index (κ1) is 25.0. The monoisotopic (exact) mass is 378 g/mol. The summed E-state index contributed by atoms with van der Waals surface area (Å²) in [7, 11) is 0. The van der Waals surface area contributed by atoms with Gasteiger partial charge in [-0.15, -0.1) is 0 Å². The maximum Gasteiger partial charge on any atom is -0.0391 e. The van der Waals surface area contributed by atoms with Crippen LogP contribution in [-0.2, 0) is 0 Å². The minimum absolute atomic E-state index is 0.929. The summed E-state index contributed by atoms with van der Waals surface area (Å²) in [4.78, 5) is 0. The first-order chi connectivity index (χ1) is 12.9. The van der Waals surface area contributed by atoms with Crippen molar-refractivity contribution in [1.29, 1.82) is 0 Å². The molecule has 0 radical (unpaired) electrons. The minimum Gasteiger partial charge on any atom is -0.0625 e. The molecule has 0 aromatic heterocycles. The van der Waals surface area contributed by atoms with Crippen LogP contribution < -0.4 is 0 Å². The Labute approximate surface area is 173 Å². The van der Waals surface area contributed by atoms with Crippen molar-refractivity contribution in [2.75, 3.05) is 0 Å². The molecule has 0 amide bonds. The first-order valence-corrected chi connectivity index (χ1v) is 12.9. The van der Waals surface area contributed by atoms with Crippen molar-refractivity contribution in [1.82, 2.24) is 0 Å². The Hall–Kier alpha value is 0. The van der Waals surface area contributed by atoms with E-state index in [9.17, 15) is 0 Å². The second-order valence-corrected chi connectivity index (χ2v) is 10.9. The van der Waals surface area contributed by atoms with Gasteiger partial charge >= 0.3 is 0 Å². The highest BCUT2D eigenvalue weighted by Crippen LogP contribution is 2.31. The molecule has 27 heavy (non-hydrogen) atoms. The SMILES string of the molecule is CC(C)C1CCCC1.CC(C)C1CCCCC1.CC(C)C1CCCCCC1. The van der Waals surface area contributed by atoms with E-state index in [1.54, 1.807) is 0 Å². The fourth-order valence-electron chi connectivity index (χ4n) is 5.40. The molecule has 3 fully saturated rings. The fourth-order valence-corrected chi connectivity index (χ4v) is 5.40. The van der Waals surface area contributed by atoms with Gasteiger partial charge in [-0.05, 0) is 35.5 Å². The van der Waals surface area contributed by atoms with Crippen LogP contribution in [-0.4, -0.2) is 0 Å². The zero-order valence-electron chi connectivity index (χ0n) is 20.1. The van der Waals surface area contributed by atoms with Gasteiger partial charge in [-0.25, -0.2) is 0 Å². The van der Waals surface area contributed by atoms with E-state index in [0.717, 1.165) is 35.5 Å². The summed E-state index contributed by atoms with van der Waals surface area (Å²) < 4.78 is 0. The summed E-state index contributed by atoms with van der Waals surface area (Å²) in [5, 5.41) is 0. The van der Waals surface area contributed by atoms with Gasteiger partial charge in [0.15, 0.2) is 0 Å². The smallest absolute Gasteiger partial charge is 0.0391 e. The predicted octanol–water partition coefficient (Wildman–Crippen LogP) is 9.67. The number of rotatable bonds is 3. The second kappa shape index (κ2) is 14.9. The van der Waals surface area contributed by atoms with Gasteiger partial charge < -0.3 is 0 Å². The van der Waals surface area contributed by atoms with Crippen LogP contribution >= 0.6 is 0 Å². The Morgan fingerprint density at radius 2 is 0.519 bits per heavy atom. The van der Waals surface area contributed by atoms with Gasteiger partial charge in [0.25, 0.3) is 0 Å². The molecule has 3 saturated carbocycles. The quantitative estimate of drug-likeness (QED) is 0.429. The largest absolute Gasteiger partial charge is 0.0625 e. The van der Waals surface area contributed by atoms with Crippen molar-refractivity contribution in [2.45, 2.75) is 138 Å². The predicted molar refractivity (Wildman–Crippen MR) is 124 cm³/mol. The molecule has 0 saturated heterocycles. The lowest BCUT2D eigenvalue weighted by molar-refractivity contribution is 0.279. The first-order valence-electron chi connectivity index (χ1n) is 12.9. The molecule has 3 aliphatic rings. The van der Waals surface area contributed by atoms with Gasteiger partial charge in [-0.1, -0.05) is 138 Å². The Kier molecular flexibility index (Phi) is 13.8. The van der Waals surface area contributed by atoms with E-state index in [1.807, 2.05) is 0 Å². The summed E-state index contributed by atoms with van der Waals surface area (Å²) in [6.07, 6.45) is 22.4. The third-order valence-electron chi connectivity index (χ3n) is 7.78. The Balaban J connectivity index is 0.000000204.